The molecule has 0 atom stereocenters. The maximum atomic E-state index is 9.70. The largest absolute Gasteiger partial charge is 0.506 e. The summed E-state index contributed by atoms with van der Waals surface area (Å²) in [4.78, 5) is 0. The summed E-state index contributed by atoms with van der Waals surface area (Å²) in [5.41, 5.74) is 6.45. The maximum absolute atomic E-state index is 9.70. The minimum atomic E-state index is 0.183. The Bertz CT molecular complexity index is 473. The van der Waals surface area contributed by atoms with Crippen LogP contribution >= 0.6 is 0 Å². The van der Waals surface area contributed by atoms with Crippen LogP contribution in [0.4, 0.5) is 5.82 Å². The van der Waals surface area contributed by atoms with Crippen molar-refractivity contribution in [2.24, 2.45) is 0 Å². The smallest absolute Gasteiger partial charge is 0.153 e. The van der Waals surface area contributed by atoms with E-state index < -0.39 is 0 Å². The fourth-order valence-corrected chi connectivity index (χ4v) is 1.57. The van der Waals surface area contributed by atoms with Gasteiger partial charge in [0.25, 0.3) is 0 Å². The van der Waals surface area contributed by atoms with Gasteiger partial charge in [-0.2, -0.15) is 5.10 Å². The third-order valence-electron chi connectivity index (χ3n) is 2.22. The Morgan fingerprint density at radius 1 is 1.43 bits per heavy atom. The number of hydrogen-bond acceptors (Lipinski definition) is 3. The maximum Gasteiger partial charge on any atom is 0.153 e. The second kappa shape index (κ2) is 2.90. The number of phenols is 1. The van der Waals surface area contributed by atoms with E-state index in [-0.39, 0.29) is 11.8 Å². The van der Waals surface area contributed by atoms with E-state index in [0.29, 0.717) is 11.3 Å². The number of nitrogens with two attached hydrogens (primary N) is 1. The van der Waals surface area contributed by atoms with Crippen LogP contribution in [0.25, 0.3) is 10.9 Å². The van der Waals surface area contributed by atoms with Gasteiger partial charge in [0.2, 0.25) is 0 Å². The standard InChI is InChI=1S/C10H13N3O/c1-6(2)13-9-7(10(11)12-13)4-3-5-8(9)14/h3-6,14H,1-2H3,(H2,11,12). The van der Waals surface area contributed by atoms with E-state index in [2.05, 4.69) is 5.10 Å². The molecule has 1 aromatic carbocycles. The van der Waals surface area contributed by atoms with E-state index in [4.69, 9.17) is 5.73 Å². The van der Waals surface area contributed by atoms with Gasteiger partial charge in [0.1, 0.15) is 11.3 Å². The van der Waals surface area contributed by atoms with Crippen LogP contribution < -0.4 is 5.73 Å². The van der Waals surface area contributed by atoms with E-state index >= 15 is 0 Å². The van der Waals surface area contributed by atoms with E-state index in [1.165, 1.54) is 0 Å². The molecule has 0 radical (unpaired) electrons. The molecule has 0 saturated heterocycles. The topological polar surface area (TPSA) is 64.1 Å². The lowest BCUT2D eigenvalue weighted by Crippen LogP contribution is -2.03. The first-order valence-corrected chi connectivity index (χ1v) is 4.57. The zero-order valence-electron chi connectivity index (χ0n) is 8.23. The van der Waals surface area contributed by atoms with Crippen molar-refractivity contribution in [1.82, 2.24) is 9.78 Å². The zero-order chi connectivity index (χ0) is 10.3. The van der Waals surface area contributed by atoms with Crippen molar-refractivity contribution in [3.63, 3.8) is 0 Å². The lowest BCUT2D eigenvalue weighted by atomic mass is 10.2. The Morgan fingerprint density at radius 3 is 2.79 bits per heavy atom. The van der Waals surface area contributed by atoms with Gasteiger partial charge in [0.05, 0.1) is 0 Å². The molecule has 14 heavy (non-hydrogen) atoms. The molecule has 0 spiro atoms. The molecule has 0 aliphatic carbocycles. The Hall–Kier alpha value is -1.71. The van der Waals surface area contributed by atoms with Crippen molar-refractivity contribution in [2.45, 2.75) is 19.9 Å². The number of nitrogen functional groups attached to an aromatic ring is 1. The molecule has 0 saturated carbocycles. The molecule has 2 rings (SSSR count). The molecule has 0 bridgehead atoms. The molecule has 2 aromatic rings. The highest BCUT2D eigenvalue weighted by Gasteiger charge is 2.12. The van der Waals surface area contributed by atoms with E-state index in [9.17, 15) is 5.11 Å². The van der Waals surface area contributed by atoms with Crippen LogP contribution in [0.1, 0.15) is 19.9 Å². The first-order chi connectivity index (χ1) is 6.61. The van der Waals surface area contributed by atoms with Gasteiger partial charge in [0, 0.05) is 11.4 Å². The van der Waals surface area contributed by atoms with E-state index in [0.717, 1.165) is 5.39 Å². The van der Waals surface area contributed by atoms with Crippen LogP contribution in [0.15, 0.2) is 18.2 Å². The molecule has 0 amide bonds. The average Bonchev–Trinajstić information content (AvgIpc) is 2.46. The zero-order valence-corrected chi connectivity index (χ0v) is 8.23. The van der Waals surface area contributed by atoms with Crippen molar-refractivity contribution in [3.05, 3.63) is 18.2 Å². The molecule has 4 heteroatoms. The number of rotatable bonds is 1. The molecule has 3 N–H and O–H groups in total. The predicted octanol–water partition coefficient (Wildman–Crippen LogP) is 1.90. The molecule has 0 aliphatic heterocycles. The molecular weight excluding hydrogens is 178 g/mol. The number of benzene rings is 1. The van der Waals surface area contributed by atoms with Gasteiger partial charge in [0.15, 0.2) is 5.82 Å². The van der Waals surface area contributed by atoms with E-state index in [1.54, 1.807) is 16.8 Å². The van der Waals surface area contributed by atoms with Crippen molar-refractivity contribution in [1.29, 1.82) is 0 Å². The number of nitrogens with zero attached hydrogens (tertiary/aromatic N) is 2. The van der Waals surface area contributed by atoms with Crippen LogP contribution in [-0.2, 0) is 0 Å². The normalized spacial score (nSPS) is 11.4. The molecule has 74 valence electrons. The SMILES string of the molecule is CC(C)n1nc(N)c2cccc(O)c21. The van der Waals surface area contributed by atoms with Crippen molar-refractivity contribution in [3.8, 4) is 5.75 Å². The number of anilines is 1. The van der Waals surface area contributed by atoms with Gasteiger partial charge in [-0.05, 0) is 26.0 Å². The van der Waals surface area contributed by atoms with Gasteiger partial charge in [-0.3, -0.25) is 4.68 Å². The van der Waals surface area contributed by atoms with Crippen molar-refractivity contribution in [2.75, 3.05) is 5.73 Å². The first-order valence-electron chi connectivity index (χ1n) is 4.57. The van der Waals surface area contributed by atoms with Gasteiger partial charge < -0.3 is 10.8 Å². The number of aromatic hydroxyl groups is 1. The minimum Gasteiger partial charge on any atom is -0.506 e. The quantitative estimate of drug-likeness (QED) is 0.723. The fourth-order valence-electron chi connectivity index (χ4n) is 1.57. The van der Waals surface area contributed by atoms with Crippen LogP contribution in [0.3, 0.4) is 0 Å². The summed E-state index contributed by atoms with van der Waals surface area (Å²) in [5, 5.41) is 14.7. The lowest BCUT2D eigenvalue weighted by Gasteiger charge is -2.07. The molecule has 0 aliphatic rings. The van der Waals surface area contributed by atoms with E-state index in [1.807, 2.05) is 19.9 Å². The Morgan fingerprint density at radius 2 is 2.14 bits per heavy atom. The Labute approximate surface area is 81.9 Å². The first kappa shape index (κ1) is 8.87. The average molecular weight is 191 g/mol. The predicted molar refractivity (Wildman–Crippen MR) is 56.2 cm³/mol. The minimum absolute atomic E-state index is 0.183. The van der Waals surface area contributed by atoms with Crippen molar-refractivity contribution < 1.29 is 5.11 Å². The van der Waals surface area contributed by atoms with Crippen LogP contribution in [-0.4, -0.2) is 14.9 Å². The number of aromatic nitrogens is 2. The molecule has 4 nitrogen and oxygen atoms in total. The van der Waals surface area contributed by atoms with Crippen molar-refractivity contribution >= 4 is 16.7 Å². The van der Waals surface area contributed by atoms with Gasteiger partial charge in [-0.25, -0.2) is 0 Å². The molecule has 1 heterocycles. The van der Waals surface area contributed by atoms with Gasteiger partial charge in [-0.1, -0.05) is 6.07 Å². The third-order valence-corrected chi connectivity index (χ3v) is 2.22. The summed E-state index contributed by atoms with van der Waals surface area (Å²) in [6, 6.07) is 5.45. The Kier molecular flexibility index (Phi) is 1.84. The number of fused-ring (bicyclic) bond motifs is 1. The number of para-hydroxylation sites is 1. The Balaban J connectivity index is 2.86. The number of hydrogen-bond donors (Lipinski definition) is 2. The highest BCUT2D eigenvalue weighted by atomic mass is 16.3. The second-order valence-electron chi connectivity index (χ2n) is 3.60. The summed E-state index contributed by atoms with van der Waals surface area (Å²) in [6.07, 6.45) is 0. The molecule has 0 unspecified atom stereocenters. The summed E-state index contributed by atoms with van der Waals surface area (Å²) in [5.74, 6) is 0.685. The summed E-state index contributed by atoms with van der Waals surface area (Å²) >= 11 is 0. The molecule has 1 aromatic heterocycles. The van der Waals surface area contributed by atoms with Gasteiger partial charge in [-0.15, -0.1) is 0 Å². The highest BCUT2D eigenvalue weighted by molar-refractivity contribution is 5.93. The lowest BCUT2D eigenvalue weighted by molar-refractivity contribution is 0.469. The number of phenolic OH excluding ortho intramolecular Hbond substituents is 1. The summed E-state index contributed by atoms with van der Waals surface area (Å²) < 4.78 is 1.74. The monoisotopic (exact) mass is 191 g/mol. The third kappa shape index (κ3) is 1.11. The summed E-state index contributed by atoms with van der Waals surface area (Å²) in [7, 11) is 0. The molecular formula is C10H13N3O. The van der Waals surface area contributed by atoms with Gasteiger partial charge >= 0.3 is 0 Å². The summed E-state index contributed by atoms with van der Waals surface area (Å²) in [6.45, 7) is 4.00. The second-order valence-corrected chi connectivity index (χ2v) is 3.60. The van der Waals surface area contributed by atoms with Crippen LogP contribution in [0.2, 0.25) is 0 Å². The highest BCUT2D eigenvalue weighted by Crippen LogP contribution is 2.30. The molecule has 0 fully saturated rings. The van der Waals surface area contributed by atoms with Crippen LogP contribution in [0.5, 0.6) is 5.75 Å². The fraction of sp³-hybridized carbons (Fsp3) is 0.300. The van der Waals surface area contributed by atoms with Crippen LogP contribution in [0, 0.1) is 0 Å².